The van der Waals surface area contributed by atoms with Crippen molar-refractivity contribution in [3.8, 4) is 11.4 Å². The Hall–Kier alpha value is -2.46. The molecule has 0 bridgehead atoms. The van der Waals surface area contributed by atoms with Gasteiger partial charge in [0.05, 0.1) is 43.9 Å². The van der Waals surface area contributed by atoms with E-state index in [9.17, 15) is 4.79 Å². The van der Waals surface area contributed by atoms with Crippen LogP contribution in [0, 0.1) is 0 Å². The molecule has 0 radical (unpaired) electrons. The summed E-state index contributed by atoms with van der Waals surface area (Å²) in [5.74, 6) is 0.468. The molecule has 31 heavy (non-hydrogen) atoms. The lowest BCUT2D eigenvalue weighted by Crippen LogP contribution is -2.35. The number of benzene rings is 1. The zero-order valence-electron chi connectivity index (χ0n) is 18.6. The summed E-state index contributed by atoms with van der Waals surface area (Å²) in [5.41, 5.74) is 1.19. The molecule has 0 spiro atoms. The molecule has 0 aliphatic carbocycles. The number of hydroxylamine groups is 2. The smallest absolute Gasteiger partial charge is 0.257 e. The Morgan fingerprint density at radius 3 is 2.45 bits per heavy atom. The van der Waals surface area contributed by atoms with Crippen molar-refractivity contribution in [3.05, 3.63) is 42.2 Å². The van der Waals surface area contributed by atoms with E-state index in [1.807, 2.05) is 36.4 Å². The van der Waals surface area contributed by atoms with Gasteiger partial charge < -0.3 is 19.8 Å². The second kappa shape index (κ2) is 13.1. The molecule has 0 saturated heterocycles. The minimum absolute atomic E-state index is 0.162. The zero-order chi connectivity index (χ0) is 22.6. The van der Waals surface area contributed by atoms with E-state index in [1.54, 1.807) is 10.9 Å². The standard InChI is InChI=1S/C22H34N4O5/c1-4-18(2)24(3)31-15-5-14-30-21-8-6-20(7-9-21)26-17-19(16-23-26)22(29)25(10-12-27)11-13-28/h6-9,16-18,27-28H,4-5,10-15H2,1-3H3. The molecule has 1 atom stereocenters. The molecule has 2 rings (SSSR count). The largest absolute Gasteiger partial charge is 0.494 e. The molecule has 2 N–H and O–H groups in total. The van der Waals surface area contributed by atoms with Crippen molar-refractivity contribution in [1.29, 1.82) is 0 Å². The molecule has 1 aromatic heterocycles. The van der Waals surface area contributed by atoms with Gasteiger partial charge in [-0.25, -0.2) is 4.68 Å². The van der Waals surface area contributed by atoms with E-state index in [2.05, 4.69) is 18.9 Å². The van der Waals surface area contributed by atoms with E-state index in [0.717, 1.165) is 24.3 Å². The number of carbonyl (C=O) groups is 1. The monoisotopic (exact) mass is 434 g/mol. The van der Waals surface area contributed by atoms with Gasteiger partial charge in [0.2, 0.25) is 0 Å². The minimum atomic E-state index is -0.282. The lowest BCUT2D eigenvalue weighted by atomic mass is 10.3. The summed E-state index contributed by atoms with van der Waals surface area (Å²) >= 11 is 0. The molecule has 1 unspecified atom stereocenters. The van der Waals surface area contributed by atoms with Crippen LogP contribution in [0.2, 0.25) is 0 Å². The first-order chi connectivity index (χ1) is 15.0. The van der Waals surface area contributed by atoms with Gasteiger partial charge in [-0.1, -0.05) is 6.92 Å². The number of hydrogen-bond donors (Lipinski definition) is 2. The summed E-state index contributed by atoms with van der Waals surface area (Å²) in [5, 5.41) is 24.3. The number of rotatable bonds is 14. The molecule has 1 aromatic carbocycles. The molecular formula is C22H34N4O5. The third-order valence-corrected chi connectivity index (χ3v) is 5.02. The summed E-state index contributed by atoms with van der Waals surface area (Å²) in [6, 6.07) is 7.83. The van der Waals surface area contributed by atoms with Gasteiger partial charge in [-0.2, -0.15) is 10.2 Å². The first-order valence-electron chi connectivity index (χ1n) is 10.6. The van der Waals surface area contributed by atoms with E-state index < -0.39 is 0 Å². The SMILES string of the molecule is CCC(C)N(C)OCCCOc1ccc(-n2cc(C(=O)N(CCO)CCO)cn2)cc1. The van der Waals surface area contributed by atoms with E-state index in [4.69, 9.17) is 19.8 Å². The van der Waals surface area contributed by atoms with Crippen LogP contribution in [-0.2, 0) is 4.84 Å². The Bertz CT molecular complexity index is 774. The predicted octanol–water partition coefficient (Wildman–Crippen LogP) is 1.73. The minimum Gasteiger partial charge on any atom is -0.494 e. The Kier molecular flexibility index (Phi) is 10.5. The van der Waals surface area contributed by atoms with Crippen LogP contribution in [0.4, 0.5) is 0 Å². The van der Waals surface area contributed by atoms with Crippen molar-refractivity contribution in [2.24, 2.45) is 0 Å². The summed E-state index contributed by atoms with van der Waals surface area (Å²) in [6.07, 6.45) is 4.93. The number of aliphatic hydroxyl groups excluding tert-OH is 2. The third kappa shape index (κ3) is 7.62. The molecule has 0 aliphatic heterocycles. The van der Waals surface area contributed by atoms with Crippen molar-refractivity contribution in [1.82, 2.24) is 19.7 Å². The molecule has 2 aromatic rings. The van der Waals surface area contributed by atoms with Crippen LogP contribution in [0.5, 0.6) is 5.75 Å². The fourth-order valence-electron chi connectivity index (χ4n) is 2.85. The lowest BCUT2D eigenvalue weighted by molar-refractivity contribution is -0.166. The maximum absolute atomic E-state index is 12.5. The van der Waals surface area contributed by atoms with Crippen molar-refractivity contribution >= 4 is 5.91 Å². The molecule has 9 nitrogen and oxygen atoms in total. The van der Waals surface area contributed by atoms with Crippen molar-refractivity contribution in [2.75, 3.05) is 46.6 Å². The normalized spacial score (nSPS) is 12.2. The van der Waals surface area contributed by atoms with Gasteiger partial charge in [-0.3, -0.25) is 9.63 Å². The molecule has 0 saturated carbocycles. The molecule has 9 heteroatoms. The maximum atomic E-state index is 12.5. The highest BCUT2D eigenvalue weighted by Gasteiger charge is 2.17. The maximum Gasteiger partial charge on any atom is 0.257 e. The van der Waals surface area contributed by atoms with Crippen LogP contribution in [-0.4, -0.2) is 88.5 Å². The van der Waals surface area contributed by atoms with Crippen LogP contribution in [0.3, 0.4) is 0 Å². The van der Waals surface area contributed by atoms with Crippen LogP contribution >= 0.6 is 0 Å². The van der Waals surface area contributed by atoms with Crippen LogP contribution in [0.25, 0.3) is 5.69 Å². The second-order valence-corrected chi connectivity index (χ2v) is 7.25. The fourth-order valence-corrected chi connectivity index (χ4v) is 2.85. The van der Waals surface area contributed by atoms with E-state index in [-0.39, 0.29) is 32.2 Å². The van der Waals surface area contributed by atoms with Crippen molar-refractivity contribution < 1.29 is 24.6 Å². The number of hydrogen-bond acceptors (Lipinski definition) is 7. The molecule has 172 valence electrons. The van der Waals surface area contributed by atoms with Crippen LogP contribution in [0.15, 0.2) is 36.7 Å². The summed E-state index contributed by atoms with van der Waals surface area (Å²) in [7, 11) is 1.94. The van der Waals surface area contributed by atoms with Gasteiger partial charge in [0.1, 0.15) is 5.75 Å². The third-order valence-electron chi connectivity index (χ3n) is 5.02. The van der Waals surface area contributed by atoms with E-state index >= 15 is 0 Å². The molecule has 0 fully saturated rings. The summed E-state index contributed by atoms with van der Waals surface area (Å²) in [6.45, 7) is 5.40. The van der Waals surface area contributed by atoms with Gasteiger partial charge in [0, 0.05) is 38.8 Å². The van der Waals surface area contributed by atoms with E-state index in [1.165, 1.54) is 11.1 Å². The highest BCUT2D eigenvalue weighted by Crippen LogP contribution is 2.16. The highest BCUT2D eigenvalue weighted by molar-refractivity contribution is 5.93. The number of carbonyl (C=O) groups excluding carboxylic acids is 1. The topological polar surface area (TPSA) is 100 Å². The quantitative estimate of drug-likeness (QED) is 0.345. The Balaban J connectivity index is 1.85. The molecule has 0 aliphatic rings. The predicted molar refractivity (Wildman–Crippen MR) is 117 cm³/mol. The lowest BCUT2D eigenvalue weighted by Gasteiger charge is -2.22. The van der Waals surface area contributed by atoms with Gasteiger partial charge >= 0.3 is 0 Å². The number of aliphatic hydroxyl groups is 2. The second-order valence-electron chi connectivity index (χ2n) is 7.25. The number of amides is 1. The Morgan fingerprint density at radius 1 is 1.16 bits per heavy atom. The number of ether oxygens (including phenoxy) is 1. The van der Waals surface area contributed by atoms with Gasteiger partial charge in [-0.05, 0) is 37.6 Å². The van der Waals surface area contributed by atoms with Gasteiger partial charge in [0.25, 0.3) is 5.91 Å². The Morgan fingerprint density at radius 2 is 1.84 bits per heavy atom. The van der Waals surface area contributed by atoms with Crippen LogP contribution in [0.1, 0.15) is 37.0 Å². The molecule has 1 heterocycles. The molecule has 1 amide bonds. The average Bonchev–Trinajstić information content (AvgIpc) is 3.28. The van der Waals surface area contributed by atoms with Gasteiger partial charge in [0.15, 0.2) is 0 Å². The molecular weight excluding hydrogens is 400 g/mol. The fraction of sp³-hybridized carbons (Fsp3) is 0.545. The first-order valence-corrected chi connectivity index (χ1v) is 10.6. The summed E-state index contributed by atoms with van der Waals surface area (Å²) < 4.78 is 7.36. The first kappa shape index (κ1) is 24.8. The van der Waals surface area contributed by atoms with Crippen molar-refractivity contribution in [3.63, 3.8) is 0 Å². The average molecular weight is 435 g/mol. The Labute approximate surface area is 183 Å². The summed E-state index contributed by atoms with van der Waals surface area (Å²) in [4.78, 5) is 19.6. The zero-order valence-corrected chi connectivity index (χ0v) is 18.6. The van der Waals surface area contributed by atoms with Crippen molar-refractivity contribution in [2.45, 2.75) is 32.7 Å². The number of aromatic nitrogens is 2. The number of nitrogens with zero attached hydrogens (tertiary/aromatic N) is 4. The van der Waals surface area contributed by atoms with Gasteiger partial charge in [-0.15, -0.1) is 0 Å². The highest BCUT2D eigenvalue weighted by atomic mass is 16.7. The van der Waals surface area contributed by atoms with E-state index in [0.29, 0.717) is 24.8 Å². The van der Waals surface area contributed by atoms with Crippen LogP contribution < -0.4 is 4.74 Å².